The average molecular weight is 248 g/mol. The Morgan fingerprint density at radius 3 is 2.83 bits per heavy atom. The van der Waals surface area contributed by atoms with E-state index >= 15 is 0 Å². The lowest BCUT2D eigenvalue weighted by molar-refractivity contribution is 0.0784. The van der Waals surface area contributed by atoms with E-state index in [0.717, 1.165) is 19.5 Å². The first-order valence-corrected chi connectivity index (χ1v) is 6.37. The van der Waals surface area contributed by atoms with Gasteiger partial charge in [-0.3, -0.25) is 4.79 Å². The monoisotopic (exact) mass is 248 g/mol. The highest BCUT2D eigenvalue weighted by atomic mass is 16.3. The molecule has 1 unspecified atom stereocenters. The number of amides is 1. The van der Waals surface area contributed by atoms with Crippen molar-refractivity contribution >= 4 is 11.6 Å². The van der Waals surface area contributed by atoms with E-state index < -0.39 is 0 Å². The zero-order chi connectivity index (χ0) is 13.3. The topological polar surface area (TPSA) is 66.6 Å². The number of phenols is 1. The summed E-state index contributed by atoms with van der Waals surface area (Å²) in [4.78, 5) is 14.2. The van der Waals surface area contributed by atoms with Crippen LogP contribution in [-0.4, -0.2) is 29.0 Å². The van der Waals surface area contributed by atoms with Crippen molar-refractivity contribution in [1.82, 2.24) is 4.90 Å². The summed E-state index contributed by atoms with van der Waals surface area (Å²) in [6, 6.07) is 4.51. The van der Waals surface area contributed by atoms with Crippen LogP contribution in [0.4, 0.5) is 5.69 Å². The summed E-state index contributed by atoms with van der Waals surface area (Å²) in [7, 11) is 0. The van der Waals surface area contributed by atoms with Gasteiger partial charge in [0.25, 0.3) is 5.91 Å². The number of nitrogens with zero attached hydrogens (tertiary/aromatic N) is 1. The van der Waals surface area contributed by atoms with Gasteiger partial charge in [-0.1, -0.05) is 13.8 Å². The van der Waals surface area contributed by atoms with Crippen molar-refractivity contribution in [3.05, 3.63) is 23.8 Å². The van der Waals surface area contributed by atoms with Crippen LogP contribution in [0.25, 0.3) is 0 Å². The van der Waals surface area contributed by atoms with Gasteiger partial charge >= 0.3 is 0 Å². The molecule has 1 aliphatic heterocycles. The van der Waals surface area contributed by atoms with Crippen LogP contribution >= 0.6 is 0 Å². The van der Waals surface area contributed by atoms with Crippen molar-refractivity contribution in [3.8, 4) is 5.75 Å². The molecule has 1 fully saturated rings. The van der Waals surface area contributed by atoms with Gasteiger partial charge in [0.05, 0.1) is 5.56 Å². The zero-order valence-electron chi connectivity index (χ0n) is 10.9. The molecule has 0 aliphatic carbocycles. The van der Waals surface area contributed by atoms with Crippen LogP contribution in [0, 0.1) is 11.8 Å². The Balaban J connectivity index is 2.15. The predicted octanol–water partition coefficient (Wildman–Crippen LogP) is 2.09. The smallest absolute Gasteiger partial charge is 0.256 e. The van der Waals surface area contributed by atoms with Crippen LogP contribution in [0.1, 0.15) is 30.6 Å². The standard InChI is InChI=1S/C14H20N2O2/c1-9(2)10-5-6-16(8-10)14(18)12-7-11(17)3-4-13(12)15/h3-4,7,9-10,17H,5-6,8,15H2,1-2H3. The minimum absolute atomic E-state index is 0.0761. The lowest BCUT2D eigenvalue weighted by Crippen LogP contribution is -2.29. The molecule has 0 spiro atoms. The van der Waals surface area contributed by atoms with Crippen LogP contribution in [0.3, 0.4) is 0 Å². The second-order valence-electron chi connectivity index (χ2n) is 5.32. The summed E-state index contributed by atoms with van der Waals surface area (Å²) in [5.74, 6) is 1.15. The molecule has 1 aromatic carbocycles. The van der Waals surface area contributed by atoms with Gasteiger partial charge in [-0.05, 0) is 36.5 Å². The highest BCUT2D eigenvalue weighted by Crippen LogP contribution is 2.27. The van der Waals surface area contributed by atoms with Crippen molar-refractivity contribution in [1.29, 1.82) is 0 Å². The van der Waals surface area contributed by atoms with Crippen LogP contribution < -0.4 is 5.73 Å². The van der Waals surface area contributed by atoms with Gasteiger partial charge in [-0.2, -0.15) is 0 Å². The number of phenolic OH excluding ortho intramolecular Hbond substituents is 1. The van der Waals surface area contributed by atoms with Crippen molar-refractivity contribution in [2.75, 3.05) is 18.8 Å². The summed E-state index contributed by atoms with van der Waals surface area (Å²) in [5.41, 5.74) is 6.62. The molecule has 0 bridgehead atoms. The molecule has 0 saturated carbocycles. The first-order chi connectivity index (χ1) is 8.49. The summed E-state index contributed by atoms with van der Waals surface area (Å²) < 4.78 is 0. The molecule has 0 aromatic heterocycles. The zero-order valence-corrected chi connectivity index (χ0v) is 10.9. The van der Waals surface area contributed by atoms with Gasteiger partial charge in [0, 0.05) is 18.8 Å². The Kier molecular flexibility index (Phi) is 3.45. The fourth-order valence-electron chi connectivity index (χ4n) is 2.42. The average Bonchev–Trinajstić information content (AvgIpc) is 2.81. The number of benzene rings is 1. The van der Waals surface area contributed by atoms with Crippen LogP contribution in [-0.2, 0) is 0 Å². The summed E-state index contributed by atoms with van der Waals surface area (Å²) >= 11 is 0. The van der Waals surface area contributed by atoms with E-state index in [1.165, 1.54) is 12.1 Å². The maximum absolute atomic E-state index is 12.3. The quantitative estimate of drug-likeness (QED) is 0.622. The van der Waals surface area contributed by atoms with E-state index in [0.29, 0.717) is 23.1 Å². The van der Waals surface area contributed by atoms with Crippen molar-refractivity contribution in [2.45, 2.75) is 20.3 Å². The third-order valence-electron chi connectivity index (χ3n) is 3.72. The molecule has 1 saturated heterocycles. The third kappa shape index (κ3) is 2.42. The Hall–Kier alpha value is -1.71. The Morgan fingerprint density at radius 2 is 2.22 bits per heavy atom. The molecule has 98 valence electrons. The van der Waals surface area contributed by atoms with Gasteiger partial charge in [0.1, 0.15) is 5.75 Å². The van der Waals surface area contributed by atoms with Crippen molar-refractivity contribution < 1.29 is 9.90 Å². The predicted molar refractivity (Wildman–Crippen MR) is 71.4 cm³/mol. The number of hydrogen-bond donors (Lipinski definition) is 2. The maximum Gasteiger partial charge on any atom is 0.256 e. The van der Waals surface area contributed by atoms with Gasteiger partial charge in [-0.15, -0.1) is 0 Å². The number of nitrogens with two attached hydrogens (primary N) is 1. The minimum atomic E-state index is -0.0773. The summed E-state index contributed by atoms with van der Waals surface area (Å²) in [5, 5.41) is 9.44. The molecule has 4 nitrogen and oxygen atoms in total. The van der Waals surface area contributed by atoms with Gasteiger partial charge < -0.3 is 15.7 Å². The number of carbonyl (C=O) groups excluding carboxylic acids is 1. The first kappa shape index (κ1) is 12.7. The molecule has 4 heteroatoms. The number of carbonyl (C=O) groups is 1. The highest BCUT2D eigenvalue weighted by Gasteiger charge is 2.29. The van der Waals surface area contributed by atoms with Crippen LogP contribution in [0.5, 0.6) is 5.75 Å². The Morgan fingerprint density at radius 1 is 1.50 bits per heavy atom. The molecule has 1 aromatic rings. The minimum Gasteiger partial charge on any atom is -0.508 e. The molecule has 2 rings (SSSR count). The number of likely N-dealkylation sites (tertiary alicyclic amines) is 1. The van der Waals surface area contributed by atoms with E-state index in [2.05, 4.69) is 13.8 Å². The SMILES string of the molecule is CC(C)C1CCN(C(=O)c2cc(O)ccc2N)C1. The molecule has 18 heavy (non-hydrogen) atoms. The molecule has 0 radical (unpaired) electrons. The van der Waals surface area contributed by atoms with Crippen molar-refractivity contribution in [2.24, 2.45) is 11.8 Å². The van der Waals surface area contributed by atoms with Crippen molar-refractivity contribution in [3.63, 3.8) is 0 Å². The Labute approximate surface area is 107 Å². The Bertz CT molecular complexity index is 457. The number of rotatable bonds is 2. The van der Waals surface area contributed by atoms with Gasteiger partial charge in [-0.25, -0.2) is 0 Å². The summed E-state index contributed by atoms with van der Waals surface area (Å²) in [6.07, 6.45) is 1.04. The lowest BCUT2D eigenvalue weighted by Gasteiger charge is -2.19. The van der Waals surface area contributed by atoms with Crippen LogP contribution in [0.2, 0.25) is 0 Å². The number of aromatic hydroxyl groups is 1. The molecular formula is C14H20N2O2. The van der Waals surface area contributed by atoms with E-state index in [1.54, 1.807) is 6.07 Å². The fraction of sp³-hybridized carbons (Fsp3) is 0.500. The van der Waals surface area contributed by atoms with Gasteiger partial charge in [0.15, 0.2) is 0 Å². The largest absolute Gasteiger partial charge is 0.508 e. The lowest BCUT2D eigenvalue weighted by atomic mass is 9.95. The van der Waals surface area contributed by atoms with E-state index in [9.17, 15) is 9.90 Å². The molecule has 1 atom stereocenters. The van der Waals surface area contributed by atoms with Gasteiger partial charge in [0.2, 0.25) is 0 Å². The molecule has 3 N–H and O–H groups in total. The normalized spacial score (nSPS) is 19.5. The van der Waals surface area contributed by atoms with Crippen LogP contribution in [0.15, 0.2) is 18.2 Å². The molecule has 1 aliphatic rings. The molecule has 1 heterocycles. The highest BCUT2D eigenvalue weighted by molar-refractivity contribution is 5.99. The summed E-state index contributed by atoms with van der Waals surface area (Å²) in [6.45, 7) is 5.92. The third-order valence-corrected chi connectivity index (χ3v) is 3.72. The number of nitrogen functional groups attached to an aromatic ring is 1. The molecule has 1 amide bonds. The number of hydrogen-bond acceptors (Lipinski definition) is 3. The maximum atomic E-state index is 12.3. The van der Waals surface area contributed by atoms with E-state index in [1.807, 2.05) is 4.90 Å². The van der Waals surface area contributed by atoms with E-state index in [4.69, 9.17) is 5.73 Å². The van der Waals surface area contributed by atoms with E-state index in [-0.39, 0.29) is 11.7 Å². The second kappa shape index (κ2) is 4.88. The molecular weight excluding hydrogens is 228 g/mol. The second-order valence-corrected chi connectivity index (χ2v) is 5.32. The first-order valence-electron chi connectivity index (χ1n) is 6.37. The number of anilines is 1. The fourth-order valence-corrected chi connectivity index (χ4v) is 2.42.